The van der Waals surface area contributed by atoms with Gasteiger partial charge in [-0.2, -0.15) is 5.10 Å². The van der Waals surface area contributed by atoms with Gasteiger partial charge in [-0.1, -0.05) is 12.1 Å². The maximum Gasteiger partial charge on any atom is 0.336 e. The number of rotatable bonds is 12. The van der Waals surface area contributed by atoms with Gasteiger partial charge in [0.15, 0.2) is 30.5 Å². The molecule has 2 heterocycles. The molecule has 2 aromatic heterocycles. The van der Waals surface area contributed by atoms with E-state index < -0.39 is 33.2 Å². The molecular formula is C25H29N4O8PS3. The van der Waals surface area contributed by atoms with Crippen LogP contribution in [0.4, 0.5) is 5.13 Å². The molecule has 0 radical (unpaired) electrons. The van der Waals surface area contributed by atoms with Crippen molar-refractivity contribution in [2.24, 2.45) is 0 Å². The van der Waals surface area contributed by atoms with Crippen LogP contribution >= 0.6 is 18.9 Å². The van der Waals surface area contributed by atoms with Crippen molar-refractivity contribution in [2.45, 2.75) is 36.3 Å². The highest BCUT2D eigenvalue weighted by atomic mass is 32.2. The summed E-state index contributed by atoms with van der Waals surface area (Å²) >= 11 is 1.14. The molecule has 1 amide bonds. The molecule has 220 valence electrons. The van der Waals surface area contributed by atoms with E-state index in [9.17, 15) is 26.2 Å². The van der Waals surface area contributed by atoms with Crippen LogP contribution in [0, 0.1) is 0 Å². The van der Waals surface area contributed by atoms with Crippen LogP contribution in [0.5, 0.6) is 0 Å². The third-order valence-electron chi connectivity index (χ3n) is 5.83. The largest absolute Gasteiger partial charge is 0.336 e. The lowest BCUT2D eigenvalue weighted by atomic mass is 10.2. The number of aromatic nitrogens is 3. The molecule has 0 spiro atoms. The molecule has 0 fully saturated rings. The standard InChI is InChI=1S/C25H29N4O8PS3/c1-5-36-38(31,37-6-2)15-18-16-39-25(26-18)27-24(30)23-21-12-11-20(41(4,34)35)13-22(21)29(28-23)14-17-7-9-19(10-8-17)40(3,32)33/h7-13,16H,5-6,14-15H2,1-4H3,(H,26,27,30). The van der Waals surface area contributed by atoms with Crippen LogP contribution in [0.25, 0.3) is 10.9 Å². The number of carbonyl (C=O) groups excluding carboxylic acids is 1. The predicted molar refractivity (Wildman–Crippen MR) is 156 cm³/mol. The lowest BCUT2D eigenvalue weighted by Gasteiger charge is -2.15. The Morgan fingerprint density at radius 3 is 2.17 bits per heavy atom. The Morgan fingerprint density at radius 2 is 1.59 bits per heavy atom. The highest BCUT2D eigenvalue weighted by Crippen LogP contribution is 2.51. The average molecular weight is 641 g/mol. The Kier molecular flexibility index (Phi) is 9.16. The van der Waals surface area contributed by atoms with Crippen molar-refractivity contribution in [3.8, 4) is 0 Å². The second kappa shape index (κ2) is 12.1. The van der Waals surface area contributed by atoms with Gasteiger partial charge in [-0.3, -0.25) is 19.4 Å². The fourth-order valence-corrected chi connectivity index (χ4v) is 7.70. The normalized spacial score (nSPS) is 12.6. The van der Waals surface area contributed by atoms with Gasteiger partial charge in [0.2, 0.25) is 0 Å². The monoisotopic (exact) mass is 640 g/mol. The predicted octanol–water partition coefficient (Wildman–Crippen LogP) is 4.37. The number of nitrogens with one attached hydrogen (secondary N) is 1. The molecule has 4 rings (SSSR count). The van der Waals surface area contributed by atoms with Gasteiger partial charge < -0.3 is 9.05 Å². The number of sulfone groups is 2. The Balaban J connectivity index is 1.65. The van der Waals surface area contributed by atoms with E-state index in [0.717, 1.165) is 23.8 Å². The number of anilines is 1. The highest BCUT2D eigenvalue weighted by Gasteiger charge is 2.26. The van der Waals surface area contributed by atoms with Crippen molar-refractivity contribution >= 4 is 60.5 Å². The summed E-state index contributed by atoms with van der Waals surface area (Å²) in [5.74, 6) is -0.577. The van der Waals surface area contributed by atoms with Crippen LogP contribution in [0.1, 0.15) is 35.6 Å². The first-order valence-electron chi connectivity index (χ1n) is 12.4. The van der Waals surface area contributed by atoms with Gasteiger partial charge in [-0.15, -0.1) is 11.3 Å². The number of fused-ring (bicyclic) bond motifs is 1. The Labute approximate surface area is 242 Å². The molecule has 0 aliphatic heterocycles. The van der Waals surface area contributed by atoms with Gasteiger partial charge in [0.05, 0.1) is 46.9 Å². The number of hydrogen-bond acceptors (Lipinski definition) is 11. The molecule has 1 N–H and O–H groups in total. The minimum absolute atomic E-state index is 0.0406. The number of carbonyl (C=O) groups is 1. The van der Waals surface area contributed by atoms with Gasteiger partial charge in [-0.25, -0.2) is 21.8 Å². The van der Waals surface area contributed by atoms with E-state index in [2.05, 4.69) is 15.4 Å². The van der Waals surface area contributed by atoms with Gasteiger partial charge in [-0.05, 0) is 49.7 Å². The van der Waals surface area contributed by atoms with Gasteiger partial charge in [0.25, 0.3) is 5.91 Å². The van der Waals surface area contributed by atoms with E-state index in [1.807, 2.05) is 0 Å². The second-order valence-electron chi connectivity index (χ2n) is 9.08. The molecule has 12 nitrogen and oxygen atoms in total. The summed E-state index contributed by atoms with van der Waals surface area (Å²) in [6.45, 7) is 4.00. The van der Waals surface area contributed by atoms with Crippen molar-refractivity contribution in [1.82, 2.24) is 14.8 Å². The fourth-order valence-electron chi connectivity index (χ4n) is 4.00. The van der Waals surface area contributed by atoms with Crippen molar-refractivity contribution < 1.29 is 35.2 Å². The minimum atomic E-state index is -3.55. The van der Waals surface area contributed by atoms with E-state index in [-0.39, 0.29) is 46.5 Å². The summed E-state index contributed by atoms with van der Waals surface area (Å²) in [6, 6.07) is 10.6. The Bertz CT molecular complexity index is 1840. The third kappa shape index (κ3) is 7.48. The van der Waals surface area contributed by atoms with Crippen LogP contribution in [0.2, 0.25) is 0 Å². The van der Waals surface area contributed by atoms with Gasteiger partial charge >= 0.3 is 7.60 Å². The fraction of sp³-hybridized carbons (Fsp3) is 0.320. The lowest BCUT2D eigenvalue weighted by Crippen LogP contribution is -2.14. The molecule has 0 saturated carbocycles. The summed E-state index contributed by atoms with van der Waals surface area (Å²) < 4.78 is 73.1. The molecule has 0 unspecified atom stereocenters. The number of benzene rings is 2. The summed E-state index contributed by atoms with van der Waals surface area (Å²) in [5, 5.41) is 9.49. The number of thiazole rings is 1. The summed E-state index contributed by atoms with van der Waals surface area (Å²) in [6.07, 6.45) is 2.15. The second-order valence-corrected chi connectivity index (χ2v) is 16.0. The molecular weight excluding hydrogens is 611 g/mol. The van der Waals surface area contributed by atoms with Crippen molar-refractivity contribution in [1.29, 1.82) is 0 Å². The van der Waals surface area contributed by atoms with Crippen molar-refractivity contribution in [3.05, 3.63) is 64.8 Å². The topological polar surface area (TPSA) is 164 Å². The first-order valence-corrected chi connectivity index (χ1v) is 18.7. The highest BCUT2D eigenvalue weighted by molar-refractivity contribution is 7.91. The Morgan fingerprint density at radius 1 is 0.976 bits per heavy atom. The van der Waals surface area contributed by atoms with Crippen LogP contribution < -0.4 is 5.32 Å². The van der Waals surface area contributed by atoms with Crippen LogP contribution in [0.15, 0.2) is 57.6 Å². The van der Waals surface area contributed by atoms with Crippen molar-refractivity contribution in [2.75, 3.05) is 31.0 Å². The smallest absolute Gasteiger partial charge is 0.309 e. The molecule has 0 aliphatic carbocycles. The molecule has 0 saturated heterocycles. The maximum atomic E-state index is 13.3. The van der Waals surface area contributed by atoms with E-state index >= 15 is 0 Å². The van der Waals surface area contributed by atoms with E-state index in [1.165, 1.54) is 35.0 Å². The van der Waals surface area contributed by atoms with E-state index in [4.69, 9.17) is 9.05 Å². The zero-order valence-corrected chi connectivity index (χ0v) is 26.1. The summed E-state index contributed by atoms with van der Waals surface area (Å²) in [5.41, 5.74) is 1.57. The van der Waals surface area contributed by atoms with E-state index in [0.29, 0.717) is 22.2 Å². The number of nitrogens with zero attached hydrogens (tertiary/aromatic N) is 3. The first kappa shape index (κ1) is 31.0. The van der Waals surface area contributed by atoms with E-state index in [1.54, 1.807) is 31.4 Å². The van der Waals surface area contributed by atoms with Crippen LogP contribution in [-0.4, -0.2) is 63.2 Å². The average Bonchev–Trinajstić information content (AvgIpc) is 3.47. The van der Waals surface area contributed by atoms with Gasteiger partial charge in [0, 0.05) is 23.3 Å². The minimum Gasteiger partial charge on any atom is -0.309 e. The zero-order valence-electron chi connectivity index (χ0n) is 22.7. The molecule has 0 atom stereocenters. The molecule has 16 heteroatoms. The summed E-state index contributed by atoms with van der Waals surface area (Å²) in [7, 11) is -10.3. The van der Waals surface area contributed by atoms with Crippen LogP contribution in [-0.2, 0) is 46.0 Å². The Hall–Kier alpha value is -2.94. The van der Waals surface area contributed by atoms with Gasteiger partial charge in [0.1, 0.15) is 0 Å². The molecule has 4 aromatic rings. The zero-order chi connectivity index (χ0) is 30.0. The molecule has 0 aliphatic rings. The molecule has 41 heavy (non-hydrogen) atoms. The number of hydrogen-bond donors (Lipinski definition) is 1. The maximum absolute atomic E-state index is 13.3. The lowest BCUT2D eigenvalue weighted by molar-refractivity contribution is 0.102. The summed E-state index contributed by atoms with van der Waals surface area (Å²) in [4.78, 5) is 17.9. The molecule has 0 bridgehead atoms. The van der Waals surface area contributed by atoms with Crippen LogP contribution in [0.3, 0.4) is 0 Å². The SMILES string of the molecule is CCOP(=O)(Cc1csc(NC(=O)c2nn(Cc3ccc(S(C)(=O)=O)cc3)c3cc(S(C)(=O)=O)ccc23)n1)OCC. The first-order chi connectivity index (χ1) is 19.2. The quantitative estimate of drug-likeness (QED) is 0.220. The van der Waals surface area contributed by atoms with Crippen molar-refractivity contribution in [3.63, 3.8) is 0 Å². The number of amides is 1. The third-order valence-corrected chi connectivity index (χ3v) is 10.9. The molecule has 2 aromatic carbocycles.